The lowest BCUT2D eigenvalue weighted by Crippen LogP contribution is -2.47. The standard InChI is InChI=1S/C24H29N3O5S/c1-17(28)27-22-9-8-21(33(30,31)26-12-3-4-13-26)15-19(22)16-23(27)24(29)25-11-10-18-6-5-7-20(14-18)32-2/h5-9,14-15,23H,3-4,10-13,16H2,1-2H3,(H,25,29)/t23-/m0/s1. The van der Waals surface area contributed by atoms with Gasteiger partial charge in [-0.2, -0.15) is 4.31 Å². The summed E-state index contributed by atoms with van der Waals surface area (Å²) in [7, 11) is -1.96. The second kappa shape index (κ2) is 9.52. The molecule has 2 heterocycles. The predicted molar refractivity (Wildman–Crippen MR) is 125 cm³/mol. The predicted octanol–water partition coefficient (Wildman–Crippen LogP) is 2.12. The van der Waals surface area contributed by atoms with Crippen LogP contribution in [0.5, 0.6) is 5.75 Å². The van der Waals surface area contributed by atoms with Crippen molar-refractivity contribution in [1.82, 2.24) is 9.62 Å². The van der Waals surface area contributed by atoms with E-state index >= 15 is 0 Å². The molecule has 0 aromatic heterocycles. The quantitative estimate of drug-likeness (QED) is 0.667. The number of fused-ring (bicyclic) bond motifs is 1. The lowest BCUT2D eigenvalue weighted by Gasteiger charge is -2.23. The number of anilines is 1. The van der Waals surface area contributed by atoms with Crippen molar-refractivity contribution in [3.8, 4) is 5.75 Å². The Morgan fingerprint density at radius 2 is 1.88 bits per heavy atom. The van der Waals surface area contributed by atoms with Gasteiger partial charge in [0, 0.05) is 38.7 Å². The SMILES string of the molecule is COc1cccc(CCNC(=O)[C@@H]2Cc3cc(S(=O)(=O)N4CCCC4)ccc3N2C(C)=O)c1. The summed E-state index contributed by atoms with van der Waals surface area (Å²) in [4.78, 5) is 27.0. The van der Waals surface area contributed by atoms with E-state index in [1.165, 1.54) is 22.2 Å². The monoisotopic (exact) mass is 471 g/mol. The van der Waals surface area contributed by atoms with Gasteiger partial charge in [-0.25, -0.2) is 8.42 Å². The first kappa shape index (κ1) is 23.3. The normalized spacial score (nSPS) is 18.2. The van der Waals surface area contributed by atoms with E-state index in [4.69, 9.17) is 4.74 Å². The number of carbonyl (C=O) groups is 2. The number of amides is 2. The van der Waals surface area contributed by atoms with Crippen molar-refractivity contribution in [1.29, 1.82) is 0 Å². The third-order valence-electron chi connectivity index (χ3n) is 6.23. The summed E-state index contributed by atoms with van der Waals surface area (Å²) in [5.41, 5.74) is 2.32. The van der Waals surface area contributed by atoms with Gasteiger partial charge in [-0.15, -0.1) is 0 Å². The zero-order chi connectivity index (χ0) is 23.6. The maximum Gasteiger partial charge on any atom is 0.243 e. The van der Waals surface area contributed by atoms with Gasteiger partial charge in [0.15, 0.2) is 0 Å². The van der Waals surface area contributed by atoms with Gasteiger partial charge in [0.05, 0.1) is 12.0 Å². The largest absolute Gasteiger partial charge is 0.497 e. The van der Waals surface area contributed by atoms with E-state index in [-0.39, 0.29) is 23.1 Å². The molecule has 1 fully saturated rings. The molecule has 2 aromatic carbocycles. The molecule has 2 amide bonds. The maximum atomic E-state index is 13.0. The van der Waals surface area contributed by atoms with E-state index < -0.39 is 16.1 Å². The number of nitrogens with zero attached hydrogens (tertiary/aromatic N) is 2. The molecule has 1 N–H and O–H groups in total. The van der Waals surface area contributed by atoms with E-state index in [1.54, 1.807) is 19.2 Å². The number of methoxy groups -OCH3 is 1. The summed E-state index contributed by atoms with van der Waals surface area (Å²) < 4.78 is 32.6. The first-order chi connectivity index (χ1) is 15.8. The fourth-order valence-corrected chi connectivity index (χ4v) is 6.11. The Morgan fingerprint density at radius 3 is 2.58 bits per heavy atom. The maximum absolute atomic E-state index is 13.0. The van der Waals surface area contributed by atoms with Crippen molar-refractivity contribution < 1.29 is 22.7 Å². The Labute approximate surface area is 194 Å². The Hall–Kier alpha value is -2.91. The average molecular weight is 472 g/mol. The van der Waals surface area contributed by atoms with Crippen LogP contribution < -0.4 is 15.0 Å². The van der Waals surface area contributed by atoms with Crippen LogP contribution in [0.15, 0.2) is 47.4 Å². The smallest absolute Gasteiger partial charge is 0.243 e. The minimum absolute atomic E-state index is 0.214. The van der Waals surface area contributed by atoms with Crippen molar-refractivity contribution in [2.75, 3.05) is 31.6 Å². The lowest BCUT2D eigenvalue weighted by molar-refractivity contribution is -0.125. The number of carbonyl (C=O) groups excluding carboxylic acids is 2. The number of nitrogens with one attached hydrogen (secondary N) is 1. The molecule has 1 atom stereocenters. The van der Waals surface area contributed by atoms with E-state index in [0.29, 0.717) is 37.3 Å². The molecule has 1 saturated heterocycles. The third-order valence-corrected chi connectivity index (χ3v) is 8.12. The van der Waals surface area contributed by atoms with Crippen LogP contribution >= 0.6 is 0 Å². The lowest BCUT2D eigenvalue weighted by atomic mass is 10.1. The third kappa shape index (κ3) is 4.74. The molecule has 0 spiro atoms. The van der Waals surface area contributed by atoms with Crippen molar-refractivity contribution in [2.45, 2.75) is 43.5 Å². The van der Waals surface area contributed by atoms with E-state index in [1.807, 2.05) is 24.3 Å². The van der Waals surface area contributed by atoms with Crippen molar-refractivity contribution in [2.24, 2.45) is 0 Å². The highest BCUT2D eigenvalue weighted by molar-refractivity contribution is 7.89. The van der Waals surface area contributed by atoms with Crippen molar-refractivity contribution in [3.05, 3.63) is 53.6 Å². The van der Waals surface area contributed by atoms with Crippen LogP contribution in [0.4, 0.5) is 5.69 Å². The van der Waals surface area contributed by atoms with Gasteiger partial charge in [-0.1, -0.05) is 12.1 Å². The number of hydrogen-bond donors (Lipinski definition) is 1. The summed E-state index contributed by atoms with van der Waals surface area (Å²) in [5, 5.41) is 2.92. The molecule has 0 aliphatic carbocycles. The fourth-order valence-electron chi connectivity index (χ4n) is 4.54. The van der Waals surface area contributed by atoms with Gasteiger partial charge in [-0.05, 0) is 60.7 Å². The summed E-state index contributed by atoms with van der Waals surface area (Å²) in [6.45, 7) is 2.88. The van der Waals surface area contributed by atoms with Crippen molar-refractivity contribution >= 4 is 27.5 Å². The van der Waals surface area contributed by atoms with Crippen molar-refractivity contribution in [3.63, 3.8) is 0 Å². The molecular weight excluding hydrogens is 442 g/mol. The number of hydrogen-bond acceptors (Lipinski definition) is 5. The topological polar surface area (TPSA) is 96.0 Å². The highest BCUT2D eigenvalue weighted by Gasteiger charge is 2.38. The van der Waals surface area contributed by atoms with Crippen LogP contribution in [0.2, 0.25) is 0 Å². The molecule has 2 aliphatic rings. The van der Waals surface area contributed by atoms with Gasteiger partial charge >= 0.3 is 0 Å². The van der Waals surface area contributed by atoms with Crippen LogP contribution in [0.25, 0.3) is 0 Å². The van der Waals surface area contributed by atoms with Gasteiger partial charge in [0.25, 0.3) is 0 Å². The van der Waals surface area contributed by atoms with E-state index in [2.05, 4.69) is 5.32 Å². The number of ether oxygens (including phenoxy) is 1. The van der Waals surface area contributed by atoms with E-state index in [9.17, 15) is 18.0 Å². The Balaban J connectivity index is 1.47. The van der Waals surface area contributed by atoms with Crippen LogP contribution in [-0.4, -0.2) is 57.3 Å². The van der Waals surface area contributed by atoms with E-state index in [0.717, 1.165) is 24.2 Å². The first-order valence-corrected chi connectivity index (χ1v) is 12.6. The molecule has 176 valence electrons. The Morgan fingerprint density at radius 1 is 1.12 bits per heavy atom. The highest BCUT2D eigenvalue weighted by Crippen LogP contribution is 2.35. The Kier molecular flexibility index (Phi) is 6.71. The summed E-state index contributed by atoms with van der Waals surface area (Å²) >= 11 is 0. The molecule has 2 aromatic rings. The van der Waals surface area contributed by atoms with Gasteiger partial charge in [-0.3, -0.25) is 14.5 Å². The number of benzene rings is 2. The van der Waals surface area contributed by atoms with Crippen LogP contribution in [0, 0.1) is 0 Å². The molecular formula is C24H29N3O5S. The fraction of sp³-hybridized carbons (Fsp3) is 0.417. The first-order valence-electron chi connectivity index (χ1n) is 11.1. The zero-order valence-corrected chi connectivity index (χ0v) is 19.7. The number of rotatable bonds is 7. The minimum atomic E-state index is -3.57. The van der Waals surface area contributed by atoms with Crippen LogP contribution in [0.1, 0.15) is 30.9 Å². The van der Waals surface area contributed by atoms with Gasteiger partial charge in [0.2, 0.25) is 21.8 Å². The Bertz CT molecular complexity index is 1160. The molecule has 0 radical (unpaired) electrons. The second-order valence-corrected chi connectivity index (χ2v) is 10.3. The van der Waals surface area contributed by atoms with Gasteiger partial charge < -0.3 is 10.1 Å². The molecule has 0 saturated carbocycles. The molecule has 0 bridgehead atoms. The molecule has 0 unspecified atom stereocenters. The number of sulfonamides is 1. The molecule has 33 heavy (non-hydrogen) atoms. The minimum Gasteiger partial charge on any atom is -0.497 e. The summed E-state index contributed by atoms with van der Waals surface area (Å²) in [6, 6.07) is 11.7. The average Bonchev–Trinajstić information content (AvgIpc) is 3.47. The van der Waals surface area contributed by atoms with Crippen LogP contribution in [-0.2, 0) is 32.5 Å². The highest BCUT2D eigenvalue weighted by atomic mass is 32.2. The summed E-state index contributed by atoms with van der Waals surface area (Å²) in [6.07, 6.45) is 2.63. The summed E-state index contributed by atoms with van der Waals surface area (Å²) in [5.74, 6) is 0.248. The van der Waals surface area contributed by atoms with Crippen LogP contribution in [0.3, 0.4) is 0 Å². The van der Waals surface area contributed by atoms with Gasteiger partial charge in [0.1, 0.15) is 11.8 Å². The molecule has 2 aliphatic heterocycles. The molecule has 8 nitrogen and oxygen atoms in total. The molecule has 4 rings (SSSR count). The zero-order valence-electron chi connectivity index (χ0n) is 18.9. The molecule has 9 heteroatoms. The second-order valence-electron chi connectivity index (χ2n) is 8.40.